The smallest absolute Gasteiger partial charge is 0.265 e. The second-order valence-electron chi connectivity index (χ2n) is 8.03. The Kier molecular flexibility index (Phi) is 6.15. The first-order valence-electron chi connectivity index (χ1n) is 10.3. The van der Waals surface area contributed by atoms with Crippen LogP contribution in [0.5, 0.6) is 5.75 Å². The molecule has 2 amide bonds. The van der Waals surface area contributed by atoms with Gasteiger partial charge in [0.05, 0.1) is 10.6 Å². The fraction of sp³-hybridized carbons (Fsp3) is 0.364. The van der Waals surface area contributed by atoms with E-state index in [1.807, 2.05) is 13.0 Å². The van der Waals surface area contributed by atoms with E-state index in [0.717, 1.165) is 5.56 Å². The molecule has 0 unspecified atom stereocenters. The summed E-state index contributed by atoms with van der Waals surface area (Å²) in [5.41, 5.74) is 1.89. The van der Waals surface area contributed by atoms with Crippen molar-refractivity contribution in [2.75, 3.05) is 23.7 Å². The lowest BCUT2D eigenvalue weighted by molar-refractivity contribution is -0.123. The third-order valence-corrected chi connectivity index (χ3v) is 7.93. The molecule has 8 nitrogen and oxygen atoms in total. The number of hydrogen-bond donors (Lipinski definition) is 2. The van der Waals surface area contributed by atoms with Crippen molar-refractivity contribution in [2.45, 2.75) is 37.7 Å². The van der Waals surface area contributed by atoms with Crippen molar-refractivity contribution >= 4 is 44.8 Å². The zero-order chi connectivity index (χ0) is 23.0. The minimum absolute atomic E-state index is 0.0761. The van der Waals surface area contributed by atoms with Gasteiger partial charge in [-0.05, 0) is 62.6 Å². The molecule has 2 heterocycles. The summed E-state index contributed by atoms with van der Waals surface area (Å²) < 4.78 is 33.1. The van der Waals surface area contributed by atoms with Crippen molar-refractivity contribution in [3.63, 3.8) is 0 Å². The second-order valence-corrected chi connectivity index (χ2v) is 10.4. The average molecular weight is 478 g/mol. The Morgan fingerprint density at radius 2 is 1.91 bits per heavy atom. The van der Waals surface area contributed by atoms with Gasteiger partial charge in [-0.15, -0.1) is 0 Å². The number of fused-ring (bicyclic) bond motifs is 1. The number of anilines is 2. The molecule has 1 fully saturated rings. The molecule has 2 aliphatic rings. The molecule has 0 radical (unpaired) electrons. The van der Waals surface area contributed by atoms with Gasteiger partial charge < -0.3 is 15.4 Å². The fourth-order valence-corrected chi connectivity index (χ4v) is 5.49. The largest absolute Gasteiger partial charge is 0.479 e. The maximum Gasteiger partial charge on any atom is 0.265 e. The Morgan fingerprint density at radius 1 is 1.19 bits per heavy atom. The van der Waals surface area contributed by atoms with E-state index in [-0.39, 0.29) is 35.7 Å². The number of benzene rings is 2. The van der Waals surface area contributed by atoms with E-state index in [1.165, 1.54) is 16.4 Å². The first kappa shape index (κ1) is 22.6. The highest BCUT2D eigenvalue weighted by Gasteiger charge is 2.33. The van der Waals surface area contributed by atoms with Crippen LogP contribution in [0.15, 0.2) is 41.3 Å². The van der Waals surface area contributed by atoms with Crippen LogP contribution in [0.2, 0.25) is 5.02 Å². The van der Waals surface area contributed by atoms with E-state index in [1.54, 1.807) is 25.1 Å². The highest BCUT2D eigenvalue weighted by molar-refractivity contribution is 7.89. The number of sulfonamides is 1. The number of hydrogen-bond acceptors (Lipinski definition) is 5. The number of piperidine rings is 1. The number of nitrogens with one attached hydrogen (secondary N) is 2. The number of carbonyl (C=O) groups is 2. The lowest BCUT2D eigenvalue weighted by Gasteiger charge is -2.31. The van der Waals surface area contributed by atoms with Crippen molar-refractivity contribution in [1.29, 1.82) is 0 Å². The standard InChI is InChI=1S/C22H24ClN3O5S/c1-13-3-4-16(23)11-18(13)24-22(28)15-7-9-26(10-8-15)32(29,30)17-5-6-20-19(12-17)25-21(27)14(2)31-20/h3-6,11-12,14-15H,7-10H2,1-2H3,(H,24,28)(H,25,27)/t14-/m0/s1. The summed E-state index contributed by atoms with van der Waals surface area (Å²) in [6.07, 6.45) is 0.186. The first-order valence-corrected chi connectivity index (χ1v) is 12.2. The van der Waals surface area contributed by atoms with E-state index < -0.39 is 16.1 Å². The van der Waals surface area contributed by atoms with Crippen LogP contribution in [0.1, 0.15) is 25.3 Å². The third kappa shape index (κ3) is 4.46. The van der Waals surface area contributed by atoms with Crippen LogP contribution in [0.3, 0.4) is 0 Å². The van der Waals surface area contributed by atoms with Crippen LogP contribution < -0.4 is 15.4 Å². The molecule has 170 valence electrons. The number of halogens is 1. The number of ether oxygens (including phenoxy) is 1. The van der Waals surface area contributed by atoms with Crippen LogP contribution in [-0.2, 0) is 19.6 Å². The zero-order valence-electron chi connectivity index (χ0n) is 17.7. The molecule has 0 bridgehead atoms. The molecule has 4 rings (SSSR count). The Bertz CT molecular complexity index is 1180. The highest BCUT2D eigenvalue weighted by atomic mass is 35.5. The summed E-state index contributed by atoms with van der Waals surface area (Å²) in [5.74, 6) is -0.329. The number of rotatable bonds is 4. The van der Waals surface area contributed by atoms with Crippen molar-refractivity contribution in [3.8, 4) is 5.75 Å². The van der Waals surface area contributed by atoms with Gasteiger partial charge in [0, 0.05) is 29.7 Å². The van der Waals surface area contributed by atoms with Gasteiger partial charge in [0.25, 0.3) is 5.91 Å². The average Bonchev–Trinajstić information content (AvgIpc) is 2.76. The topological polar surface area (TPSA) is 105 Å². The van der Waals surface area contributed by atoms with Crippen LogP contribution in [0.25, 0.3) is 0 Å². The van der Waals surface area contributed by atoms with Crippen molar-refractivity contribution in [3.05, 3.63) is 47.0 Å². The maximum absolute atomic E-state index is 13.1. The van der Waals surface area contributed by atoms with Gasteiger partial charge >= 0.3 is 0 Å². The fourth-order valence-electron chi connectivity index (χ4n) is 3.82. The van der Waals surface area contributed by atoms with Crippen molar-refractivity contribution < 1.29 is 22.7 Å². The third-order valence-electron chi connectivity index (χ3n) is 5.80. The number of nitrogens with zero attached hydrogens (tertiary/aromatic N) is 1. The monoisotopic (exact) mass is 477 g/mol. The van der Waals surface area contributed by atoms with E-state index in [0.29, 0.717) is 35.0 Å². The second kappa shape index (κ2) is 8.73. The molecule has 2 aliphatic heterocycles. The Morgan fingerprint density at radius 3 is 2.62 bits per heavy atom. The Hall–Kier alpha value is -2.62. The van der Waals surface area contributed by atoms with Crippen LogP contribution in [0, 0.1) is 12.8 Å². The molecular weight excluding hydrogens is 454 g/mol. The molecule has 2 aromatic rings. The molecule has 32 heavy (non-hydrogen) atoms. The SMILES string of the molecule is Cc1ccc(Cl)cc1NC(=O)C1CCN(S(=O)(=O)c2ccc3c(c2)NC(=O)[C@H](C)O3)CC1. The predicted molar refractivity (Wildman–Crippen MR) is 121 cm³/mol. The van der Waals surface area contributed by atoms with Crippen molar-refractivity contribution in [2.24, 2.45) is 5.92 Å². The summed E-state index contributed by atoms with van der Waals surface area (Å²) in [4.78, 5) is 24.6. The number of carbonyl (C=O) groups excluding carboxylic acids is 2. The lowest BCUT2D eigenvalue weighted by Crippen LogP contribution is -2.41. The molecule has 0 spiro atoms. The summed E-state index contributed by atoms with van der Waals surface area (Å²) in [7, 11) is -3.77. The van der Waals surface area contributed by atoms with Gasteiger partial charge in [0.1, 0.15) is 5.75 Å². The summed E-state index contributed by atoms with van der Waals surface area (Å²) in [6.45, 7) is 3.96. The summed E-state index contributed by atoms with van der Waals surface area (Å²) in [5, 5.41) is 6.11. The molecular formula is C22H24ClN3O5S. The van der Waals surface area contributed by atoms with E-state index in [4.69, 9.17) is 16.3 Å². The molecule has 0 saturated carbocycles. The zero-order valence-corrected chi connectivity index (χ0v) is 19.3. The number of amides is 2. The van der Waals surface area contributed by atoms with Crippen LogP contribution >= 0.6 is 11.6 Å². The predicted octanol–water partition coefficient (Wildman–Crippen LogP) is 3.41. The molecule has 1 saturated heterocycles. The van der Waals surface area contributed by atoms with Gasteiger partial charge in [-0.3, -0.25) is 9.59 Å². The minimum Gasteiger partial charge on any atom is -0.479 e. The van der Waals surface area contributed by atoms with Gasteiger partial charge in [-0.1, -0.05) is 17.7 Å². The number of aryl methyl sites for hydroxylation is 1. The van der Waals surface area contributed by atoms with Gasteiger partial charge in [0.2, 0.25) is 15.9 Å². The summed E-state index contributed by atoms with van der Waals surface area (Å²) >= 11 is 6.02. The molecule has 10 heteroatoms. The molecule has 0 aromatic heterocycles. The molecule has 0 aliphatic carbocycles. The quantitative estimate of drug-likeness (QED) is 0.702. The first-order chi connectivity index (χ1) is 15.1. The minimum atomic E-state index is -3.77. The normalized spacial score (nSPS) is 19.6. The van der Waals surface area contributed by atoms with Crippen molar-refractivity contribution in [1.82, 2.24) is 4.31 Å². The van der Waals surface area contributed by atoms with Gasteiger partial charge in [-0.25, -0.2) is 8.42 Å². The molecule has 2 N–H and O–H groups in total. The maximum atomic E-state index is 13.1. The van der Waals surface area contributed by atoms with Crippen LogP contribution in [0.4, 0.5) is 11.4 Å². The van der Waals surface area contributed by atoms with E-state index in [2.05, 4.69) is 10.6 Å². The van der Waals surface area contributed by atoms with Gasteiger partial charge in [-0.2, -0.15) is 4.31 Å². The van der Waals surface area contributed by atoms with E-state index in [9.17, 15) is 18.0 Å². The Labute approximate surface area is 191 Å². The van der Waals surface area contributed by atoms with Crippen LogP contribution in [-0.4, -0.2) is 43.7 Å². The van der Waals surface area contributed by atoms with E-state index >= 15 is 0 Å². The highest BCUT2D eigenvalue weighted by Crippen LogP contribution is 2.34. The lowest BCUT2D eigenvalue weighted by atomic mass is 9.97. The van der Waals surface area contributed by atoms with Gasteiger partial charge in [0.15, 0.2) is 6.10 Å². The summed E-state index contributed by atoms with van der Waals surface area (Å²) in [6, 6.07) is 9.72. The molecule has 1 atom stereocenters. The Balaban J connectivity index is 1.42. The molecule has 2 aromatic carbocycles.